The lowest BCUT2D eigenvalue weighted by Crippen LogP contribution is -2.07. The number of hydrogen-bond donors (Lipinski definition) is 1. The minimum Gasteiger partial charge on any atom is -0.465 e. The molecule has 0 unspecified atom stereocenters. The predicted octanol–water partition coefficient (Wildman–Crippen LogP) is 3.52. The van der Waals surface area contributed by atoms with Gasteiger partial charge in [-0.2, -0.15) is 5.26 Å². The fourth-order valence-electron chi connectivity index (χ4n) is 2.02. The van der Waals surface area contributed by atoms with Crippen LogP contribution in [-0.2, 0) is 11.3 Å². The average Bonchev–Trinajstić information content (AvgIpc) is 2.59. The number of nitrogens with one attached hydrogen (secondary N) is 1. The van der Waals surface area contributed by atoms with Gasteiger partial charge >= 0.3 is 5.97 Å². The molecule has 122 valence electrons. The summed E-state index contributed by atoms with van der Waals surface area (Å²) in [6.07, 6.45) is 0. The van der Waals surface area contributed by atoms with Crippen molar-refractivity contribution in [3.63, 3.8) is 0 Å². The van der Waals surface area contributed by atoms with E-state index in [0.29, 0.717) is 12.1 Å². The molecule has 0 saturated heterocycles. The van der Waals surface area contributed by atoms with Gasteiger partial charge in [-0.1, -0.05) is 23.7 Å². The van der Waals surface area contributed by atoms with Crippen LogP contribution in [-0.4, -0.2) is 18.0 Å². The van der Waals surface area contributed by atoms with E-state index in [9.17, 15) is 14.9 Å². The molecule has 2 rings (SSSR count). The zero-order valence-corrected chi connectivity index (χ0v) is 13.3. The van der Waals surface area contributed by atoms with Gasteiger partial charge in [0, 0.05) is 12.6 Å². The summed E-state index contributed by atoms with van der Waals surface area (Å²) in [6.45, 7) is 0.292. The Hall–Kier alpha value is -3.11. The minimum absolute atomic E-state index is 0.0507. The standard InChI is InChI=1S/C16H12ClN3O4/c1-24-16(21)12-6-15(20(22)23)14(7-13(12)17)19-9-11-4-2-10(8-18)3-5-11/h2-7,19H,9H2,1H3. The van der Waals surface area contributed by atoms with E-state index in [0.717, 1.165) is 11.6 Å². The molecule has 0 radical (unpaired) electrons. The largest absolute Gasteiger partial charge is 0.465 e. The number of carbonyl (C=O) groups excluding carboxylic acids is 1. The SMILES string of the molecule is COC(=O)c1cc([N+](=O)[O-])c(NCc2ccc(C#N)cc2)cc1Cl. The first kappa shape index (κ1) is 17.2. The first-order valence-electron chi connectivity index (χ1n) is 6.75. The van der Waals surface area contributed by atoms with Crippen molar-refractivity contribution < 1.29 is 14.5 Å². The van der Waals surface area contributed by atoms with Crippen molar-refractivity contribution in [3.05, 3.63) is 68.2 Å². The van der Waals surface area contributed by atoms with Gasteiger partial charge in [0.2, 0.25) is 0 Å². The zero-order valence-electron chi connectivity index (χ0n) is 12.6. The van der Waals surface area contributed by atoms with Gasteiger partial charge in [-0.3, -0.25) is 10.1 Å². The van der Waals surface area contributed by atoms with E-state index >= 15 is 0 Å². The topological polar surface area (TPSA) is 105 Å². The summed E-state index contributed by atoms with van der Waals surface area (Å²) in [4.78, 5) is 22.2. The molecule has 0 heterocycles. The Morgan fingerprint density at radius 2 is 2.04 bits per heavy atom. The predicted molar refractivity (Wildman–Crippen MR) is 87.9 cm³/mol. The maximum Gasteiger partial charge on any atom is 0.339 e. The van der Waals surface area contributed by atoms with E-state index in [-0.39, 0.29) is 22.0 Å². The highest BCUT2D eigenvalue weighted by Gasteiger charge is 2.21. The van der Waals surface area contributed by atoms with Crippen LogP contribution >= 0.6 is 11.6 Å². The maximum absolute atomic E-state index is 11.6. The Kier molecular flexibility index (Phi) is 5.35. The molecular weight excluding hydrogens is 334 g/mol. The maximum atomic E-state index is 11.6. The number of nitriles is 1. The summed E-state index contributed by atoms with van der Waals surface area (Å²) in [7, 11) is 1.17. The normalized spacial score (nSPS) is 9.88. The first-order chi connectivity index (χ1) is 11.5. The number of halogens is 1. The molecule has 7 nitrogen and oxygen atoms in total. The Balaban J connectivity index is 2.28. The lowest BCUT2D eigenvalue weighted by molar-refractivity contribution is -0.384. The van der Waals surface area contributed by atoms with Crippen LogP contribution < -0.4 is 5.32 Å². The van der Waals surface area contributed by atoms with Crippen LogP contribution in [0.5, 0.6) is 0 Å². The van der Waals surface area contributed by atoms with Gasteiger partial charge in [-0.15, -0.1) is 0 Å². The molecular formula is C16H12ClN3O4. The fourth-order valence-corrected chi connectivity index (χ4v) is 2.26. The van der Waals surface area contributed by atoms with E-state index < -0.39 is 10.9 Å². The molecule has 24 heavy (non-hydrogen) atoms. The second-order valence-corrected chi connectivity index (χ2v) is 5.17. The van der Waals surface area contributed by atoms with Gasteiger partial charge in [0.25, 0.3) is 5.69 Å². The number of nitro groups is 1. The van der Waals surface area contributed by atoms with E-state index in [1.807, 2.05) is 6.07 Å². The number of benzene rings is 2. The molecule has 0 aliphatic carbocycles. The first-order valence-corrected chi connectivity index (χ1v) is 7.13. The number of nitro benzene ring substituents is 1. The summed E-state index contributed by atoms with van der Waals surface area (Å²) in [5.74, 6) is -0.748. The highest BCUT2D eigenvalue weighted by molar-refractivity contribution is 6.34. The summed E-state index contributed by atoms with van der Waals surface area (Å²) < 4.78 is 4.55. The summed E-state index contributed by atoms with van der Waals surface area (Å²) in [5.41, 5.74) is 1.18. The summed E-state index contributed by atoms with van der Waals surface area (Å²) in [6, 6.07) is 11.2. The molecule has 1 N–H and O–H groups in total. The van der Waals surface area contributed by atoms with Crippen LogP contribution in [0.4, 0.5) is 11.4 Å². The van der Waals surface area contributed by atoms with Crippen molar-refractivity contribution in [2.75, 3.05) is 12.4 Å². The van der Waals surface area contributed by atoms with Crippen LogP contribution in [0, 0.1) is 21.4 Å². The van der Waals surface area contributed by atoms with Gasteiger partial charge < -0.3 is 10.1 Å². The molecule has 0 spiro atoms. The Morgan fingerprint density at radius 3 is 2.58 bits per heavy atom. The molecule has 0 aromatic heterocycles. The van der Waals surface area contributed by atoms with E-state index in [4.69, 9.17) is 16.9 Å². The molecule has 0 saturated carbocycles. The van der Waals surface area contributed by atoms with Gasteiger partial charge in [-0.05, 0) is 23.8 Å². The molecule has 0 amide bonds. The summed E-state index contributed by atoms with van der Waals surface area (Å²) >= 11 is 6.00. The Morgan fingerprint density at radius 1 is 1.38 bits per heavy atom. The molecule has 0 aliphatic rings. The molecule has 0 fully saturated rings. The van der Waals surface area contributed by atoms with E-state index in [2.05, 4.69) is 10.1 Å². The number of hydrogen-bond acceptors (Lipinski definition) is 6. The van der Waals surface area contributed by atoms with Crippen LogP contribution in [0.2, 0.25) is 5.02 Å². The van der Waals surface area contributed by atoms with E-state index in [1.54, 1.807) is 24.3 Å². The monoisotopic (exact) mass is 345 g/mol. The van der Waals surface area contributed by atoms with Gasteiger partial charge in [0.1, 0.15) is 5.69 Å². The van der Waals surface area contributed by atoms with Crippen LogP contribution in [0.1, 0.15) is 21.5 Å². The number of nitrogens with zero attached hydrogens (tertiary/aromatic N) is 2. The Labute approximate surface area is 142 Å². The smallest absolute Gasteiger partial charge is 0.339 e. The fraction of sp³-hybridized carbons (Fsp3) is 0.125. The molecule has 8 heteroatoms. The summed E-state index contributed by atoms with van der Waals surface area (Å²) in [5, 5.41) is 23.0. The number of methoxy groups -OCH3 is 1. The number of anilines is 1. The molecule has 0 aliphatic heterocycles. The molecule has 0 bridgehead atoms. The quantitative estimate of drug-likeness (QED) is 0.505. The van der Waals surface area contributed by atoms with Crippen molar-refractivity contribution in [2.45, 2.75) is 6.54 Å². The van der Waals surface area contributed by atoms with Crippen molar-refractivity contribution >= 4 is 28.9 Å². The van der Waals surface area contributed by atoms with E-state index in [1.165, 1.54) is 13.2 Å². The highest BCUT2D eigenvalue weighted by atomic mass is 35.5. The Bertz CT molecular complexity index is 828. The minimum atomic E-state index is -0.748. The number of rotatable bonds is 5. The molecule has 2 aromatic carbocycles. The number of esters is 1. The van der Waals surface area contributed by atoms with Crippen molar-refractivity contribution in [2.24, 2.45) is 0 Å². The second kappa shape index (κ2) is 7.44. The van der Waals surface area contributed by atoms with Gasteiger partial charge in [0.05, 0.1) is 34.3 Å². The third-order valence-corrected chi connectivity index (χ3v) is 3.57. The molecule has 0 atom stereocenters. The lowest BCUT2D eigenvalue weighted by Gasteiger charge is -2.10. The lowest BCUT2D eigenvalue weighted by atomic mass is 10.1. The second-order valence-electron chi connectivity index (χ2n) is 4.76. The molecule has 2 aromatic rings. The highest BCUT2D eigenvalue weighted by Crippen LogP contribution is 2.32. The van der Waals surface area contributed by atoms with Gasteiger partial charge in [-0.25, -0.2) is 4.79 Å². The van der Waals surface area contributed by atoms with Crippen molar-refractivity contribution in [1.82, 2.24) is 0 Å². The third-order valence-electron chi connectivity index (χ3n) is 3.25. The third kappa shape index (κ3) is 3.80. The van der Waals surface area contributed by atoms with Gasteiger partial charge in [0.15, 0.2) is 0 Å². The van der Waals surface area contributed by atoms with Crippen LogP contribution in [0.15, 0.2) is 36.4 Å². The average molecular weight is 346 g/mol. The van der Waals surface area contributed by atoms with Crippen LogP contribution in [0.25, 0.3) is 0 Å². The number of ether oxygens (including phenoxy) is 1. The van der Waals surface area contributed by atoms with Crippen LogP contribution in [0.3, 0.4) is 0 Å². The number of carbonyl (C=O) groups is 1. The van der Waals surface area contributed by atoms with Crippen molar-refractivity contribution in [1.29, 1.82) is 5.26 Å². The van der Waals surface area contributed by atoms with Crippen molar-refractivity contribution in [3.8, 4) is 6.07 Å². The zero-order chi connectivity index (χ0) is 17.7.